The van der Waals surface area contributed by atoms with E-state index in [2.05, 4.69) is 192 Å². The van der Waals surface area contributed by atoms with Gasteiger partial charge in [-0.05, 0) is 99.0 Å². The van der Waals surface area contributed by atoms with Crippen LogP contribution < -0.4 is 0 Å². The lowest BCUT2D eigenvalue weighted by atomic mass is 9.55. The largest absolute Gasteiger partial charge is 0.0561 e. The van der Waals surface area contributed by atoms with Crippen LogP contribution in [0.5, 0.6) is 0 Å². The summed E-state index contributed by atoms with van der Waals surface area (Å²) in [6, 6.07) is 5.25. The minimum atomic E-state index is -0.293. The maximum Gasteiger partial charge on any atom is 0.0158 e. The molecule has 0 saturated heterocycles. The van der Waals surface area contributed by atoms with E-state index >= 15 is 0 Å². The van der Waals surface area contributed by atoms with Crippen LogP contribution >= 0.6 is 0 Å². The molecule has 0 spiro atoms. The highest BCUT2D eigenvalue weighted by atomic mass is 14.5. The van der Waals surface area contributed by atoms with Crippen LogP contribution in [0, 0.1) is 0 Å². The third-order valence-corrected chi connectivity index (χ3v) is 10.1. The van der Waals surface area contributed by atoms with Gasteiger partial charge in [-0.25, -0.2) is 0 Å². The van der Waals surface area contributed by atoms with Gasteiger partial charge in [0, 0.05) is 5.41 Å². The summed E-state index contributed by atoms with van der Waals surface area (Å²) in [5.74, 6) is 0. The molecule has 0 aliphatic carbocycles. The second-order valence-electron chi connectivity index (χ2n) is 23.8. The first-order valence-corrected chi connectivity index (χ1v) is 18.7. The van der Waals surface area contributed by atoms with Crippen molar-refractivity contribution in [2.75, 3.05) is 0 Å². The van der Waals surface area contributed by atoms with Crippen molar-refractivity contribution < 1.29 is 0 Å². The second-order valence-corrected chi connectivity index (χ2v) is 23.8. The molecule has 0 heteroatoms. The van der Waals surface area contributed by atoms with Crippen LogP contribution in [-0.4, -0.2) is 0 Å². The summed E-state index contributed by atoms with van der Waals surface area (Å²) in [5.41, 5.74) is 14.8. The maximum atomic E-state index is 2.63. The molecule has 0 aliphatic rings. The Balaban J connectivity index is 3.83. The Labute approximate surface area is 295 Å². The molecule has 0 saturated carbocycles. The quantitative estimate of drug-likeness (QED) is 0.305. The van der Waals surface area contributed by atoms with Gasteiger partial charge in [0.05, 0.1) is 0 Å². The van der Waals surface area contributed by atoms with Crippen molar-refractivity contribution >= 4 is 0 Å². The fourth-order valence-electron chi connectivity index (χ4n) is 8.22. The summed E-state index contributed by atoms with van der Waals surface area (Å²) in [4.78, 5) is 0. The molecule has 2 aromatic rings. The number of hydrogen-bond acceptors (Lipinski definition) is 0. The topological polar surface area (TPSA) is 0 Å². The van der Waals surface area contributed by atoms with E-state index in [4.69, 9.17) is 0 Å². The van der Waals surface area contributed by atoms with Crippen LogP contribution in [0.3, 0.4) is 0 Å². The molecular weight excluding hydrogens is 565 g/mol. The van der Waals surface area contributed by atoms with Crippen LogP contribution in [-0.2, 0) is 48.7 Å². The van der Waals surface area contributed by atoms with Gasteiger partial charge in [0.1, 0.15) is 0 Å². The van der Waals surface area contributed by atoms with E-state index in [-0.39, 0.29) is 48.7 Å². The Bertz CT molecular complexity index is 1250. The summed E-state index contributed by atoms with van der Waals surface area (Å²) in [5, 5.41) is 0. The highest BCUT2D eigenvalue weighted by molar-refractivity contribution is 5.66. The van der Waals surface area contributed by atoms with E-state index < -0.39 is 0 Å². The SMILES string of the molecule is CC(C)(C)c1cc(C(C)(C)C)c(C(C)(C)C)c(C(C)(C)c2c(C(C)(C)C)c(C(C)(C)C)cc(C(C)(C)C)c2C(C)(C)C)c1C(C)(C)C. The Morgan fingerprint density at radius 1 is 0.213 bits per heavy atom. The third kappa shape index (κ3) is 8.26. The predicted molar refractivity (Wildman–Crippen MR) is 215 cm³/mol. The molecule has 268 valence electrons. The maximum absolute atomic E-state index is 2.63. The van der Waals surface area contributed by atoms with E-state index in [0.29, 0.717) is 0 Å². The molecule has 2 rings (SSSR count). The molecule has 0 fully saturated rings. The lowest BCUT2D eigenvalue weighted by Crippen LogP contribution is -2.41. The van der Waals surface area contributed by atoms with Crippen LogP contribution in [0.15, 0.2) is 12.1 Å². The van der Waals surface area contributed by atoms with Crippen molar-refractivity contribution in [2.45, 2.75) is 229 Å². The van der Waals surface area contributed by atoms with Crippen LogP contribution in [0.2, 0.25) is 0 Å². The van der Waals surface area contributed by atoms with E-state index in [1.54, 1.807) is 33.4 Å². The zero-order valence-electron chi connectivity index (χ0n) is 36.7. The zero-order chi connectivity index (χ0) is 37.7. The van der Waals surface area contributed by atoms with Gasteiger partial charge in [0.15, 0.2) is 0 Å². The highest BCUT2D eigenvalue weighted by Gasteiger charge is 2.47. The molecule has 0 atom stereocenters. The van der Waals surface area contributed by atoms with Gasteiger partial charge in [0.25, 0.3) is 0 Å². The first kappa shape index (κ1) is 41.6. The highest BCUT2D eigenvalue weighted by Crippen LogP contribution is 2.56. The molecule has 0 unspecified atom stereocenters. The zero-order valence-corrected chi connectivity index (χ0v) is 36.7. The van der Waals surface area contributed by atoms with Crippen LogP contribution in [0.4, 0.5) is 0 Å². The first-order valence-electron chi connectivity index (χ1n) is 18.7. The van der Waals surface area contributed by atoms with Gasteiger partial charge in [0.2, 0.25) is 0 Å². The van der Waals surface area contributed by atoms with Crippen molar-refractivity contribution in [1.29, 1.82) is 0 Å². The average molecular weight is 645 g/mol. The van der Waals surface area contributed by atoms with Gasteiger partial charge in [-0.3, -0.25) is 0 Å². The van der Waals surface area contributed by atoms with Gasteiger partial charge >= 0.3 is 0 Å². The van der Waals surface area contributed by atoms with Crippen LogP contribution in [0.1, 0.15) is 236 Å². The van der Waals surface area contributed by atoms with Gasteiger partial charge in [-0.1, -0.05) is 192 Å². The molecule has 0 nitrogen and oxygen atoms in total. The lowest BCUT2D eigenvalue weighted by molar-refractivity contribution is 0.445. The van der Waals surface area contributed by atoms with E-state index in [1.807, 2.05) is 0 Å². The van der Waals surface area contributed by atoms with Crippen molar-refractivity contribution in [3.05, 3.63) is 67.8 Å². The molecule has 0 aromatic heterocycles. The molecule has 0 amide bonds. The summed E-state index contributed by atoms with van der Waals surface area (Å²) in [6.07, 6.45) is 0. The summed E-state index contributed by atoms with van der Waals surface area (Å²) in [7, 11) is 0. The van der Waals surface area contributed by atoms with Crippen molar-refractivity contribution in [1.82, 2.24) is 0 Å². The molecule has 0 aliphatic heterocycles. The Morgan fingerprint density at radius 2 is 0.362 bits per heavy atom. The predicted octanol–water partition coefficient (Wildman–Crippen LogP) is 14.4. The van der Waals surface area contributed by atoms with Crippen LogP contribution in [0.25, 0.3) is 0 Å². The van der Waals surface area contributed by atoms with Crippen molar-refractivity contribution in [3.63, 3.8) is 0 Å². The number of hydrogen-bond donors (Lipinski definition) is 0. The van der Waals surface area contributed by atoms with E-state index in [9.17, 15) is 0 Å². The number of rotatable bonds is 2. The molecule has 47 heavy (non-hydrogen) atoms. The Hall–Kier alpha value is -1.56. The fraction of sp³-hybridized carbons (Fsp3) is 0.745. The van der Waals surface area contributed by atoms with E-state index in [1.165, 1.54) is 22.3 Å². The number of benzene rings is 2. The molecule has 0 heterocycles. The minimum Gasteiger partial charge on any atom is -0.0561 e. The van der Waals surface area contributed by atoms with Crippen molar-refractivity contribution in [3.8, 4) is 0 Å². The van der Waals surface area contributed by atoms with Crippen molar-refractivity contribution in [2.24, 2.45) is 0 Å². The van der Waals surface area contributed by atoms with Gasteiger partial charge < -0.3 is 0 Å². The monoisotopic (exact) mass is 645 g/mol. The minimum absolute atomic E-state index is 0.00655. The Morgan fingerprint density at radius 3 is 0.468 bits per heavy atom. The van der Waals surface area contributed by atoms with Gasteiger partial charge in [-0.15, -0.1) is 0 Å². The van der Waals surface area contributed by atoms with E-state index in [0.717, 1.165) is 0 Å². The standard InChI is InChI=1S/C47H80/c1-39(2,3)29-27-30(40(4,5)6)34(44(16,17)18)37(33(29)43(13,14)15)47(25,26)38-35(45(19,20)21)31(41(7,8)9)28-32(42(10,11)12)36(38)46(22,23)24/h27-28H,1-26H3. The smallest absolute Gasteiger partial charge is 0.0158 e. The molecule has 0 bridgehead atoms. The average Bonchev–Trinajstić information content (AvgIpc) is 2.76. The summed E-state index contributed by atoms with van der Waals surface area (Å²) < 4.78 is 0. The Kier molecular flexibility index (Phi) is 10.4. The third-order valence-electron chi connectivity index (χ3n) is 10.1. The summed E-state index contributed by atoms with van der Waals surface area (Å²) >= 11 is 0. The fourth-order valence-corrected chi connectivity index (χ4v) is 8.22. The normalized spacial score (nSPS) is 15.0. The lowest BCUT2D eigenvalue weighted by Gasteiger charge is -2.49. The molecule has 2 aromatic carbocycles. The molecule has 0 radical (unpaired) electrons. The summed E-state index contributed by atoms with van der Waals surface area (Å²) in [6.45, 7) is 63.9. The first-order chi connectivity index (χ1) is 20.2. The second kappa shape index (κ2) is 11.8. The van der Waals surface area contributed by atoms with Gasteiger partial charge in [-0.2, -0.15) is 0 Å². The molecule has 0 N–H and O–H groups in total. The molecular formula is C47H80.